The molecule has 13 heavy (non-hydrogen) atoms. The van der Waals surface area contributed by atoms with Crippen molar-refractivity contribution in [1.82, 2.24) is 15.2 Å². The summed E-state index contributed by atoms with van der Waals surface area (Å²) >= 11 is 0. The van der Waals surface area contributed by atoms with Gasteiger partial charge in [-0.05, 0) is 6.92 Å². The monoisotopic (exact) mass is 181 g/mol. The van der Waals surface area contributed by atoms with Crippen LogP contribution in [0.2, 0.25) is 0 Å². The lowest BCUT2D eigenvalue weighted by Gasteiger charge is -2.07. The summed E-state index contributed by atoms with van der Waals surface area (Å²) in [7, 11) is 0. The fourth-order valence-electron chi connectivity index (χ4n) is 0.850. The van der Waals surface area contributed by atoms with Crippen molar-refractivity contribution in [2.24, 2.45) is 16.6 Å². The van der Waals surface area contributed by atoms with Gasteiger partial charge in [0, 0.05) is 5.92 Å². The molecule has 0 radical (unpaired) electrons. The first kappa shape index (κ1) is 9.70. The minimum atomic E-state index is -0.0510. The van der Waals surface area contributed by atoms with Gasteiger partial charge in [0.05, 0.1) is 5.84 Å². The molecule has 0 aliphatic rings. The molecule has 5 nitrogen and oxygen atoms in total. The summed E-state index contributed by atoms with van der Waals surface area (Å²) in [6.45, 7) is 5.94. The summed E-state index contributed by atoms with van der Waals surface area (Å²) < 4.78 is 0. The first-order valence-corrected chi connectivity index (χ1v) is 4.29. The molecule has 0 saturated heterocycles. The molecule has 1 heterocycles. The Morgan fingerprint density at radius 1 is 1.54 bits per heavy atom. The van der Waals surface area contributed by atoms with E-state index in [-0.39, 0.29) is 12.0 Å². The SMILES string of the molecule is CC(C)C(N)=NC(C)c1ncn[nH]1. The first-order valence-electron chi connectivity index (χ1n) is 4.29. The highest BCUT2D eigenvalue weighted by molar-refractivity contribution is 5.82. The average Bonchev–Trinajstić information content (AvgIpc) is 2.55. The summed E-state index contributed by atoms with van der Waals surface area (Å²) in [5, 5.41) is 6.51. The van der Waals surface area contributed by atoms with Gasteiger partial charge in [-0.15, -0.1) is 0 Å². The Hall–Kier alpha value is -1.39. The van der Waals surface area contributed by atoms with Gasteiger partial charge in [-0.1, -0.05) is 13.8 Å². The van der Waals surface area contributed by atoms with Crippen molar-refractivity contribution in [2.75, 3.05) is 0 Å². The average molecular weight is 181 g/mol. The zero-order valence-electron chi connectivity index (χ0n) is 8.15. The van der Waals surface area contributed by atoms with E-state index in [4.69, 9.17) is 5.73 Å². The minimum absolute atomic E-state index is 0.0510. The third-order valence-electron chi connectivity index (χ3n) is 1.76. The Labute approximate surface area is 77.5 Å². The molecular weight excluding hydrogens is 166 g/mol. The molecule has 1 aromatic rings. The van der Waals surface area contributed by atoms with Crippen LogP contribution in [0.15, 0.2) is 11.3 Å². The number of nitrogens with one attached hydrogen (secondary N) is 1. The maximum atomic E-state index is 5.71. The zero-order chi connectivity index (χ0) is 9.84. The van der Waals surface area contributed by atoms with Gasteiger partial charge >= 0.3 is 0 Å². The Balaban J connectivity index is 2.70. The molecule has 1 rings (SSSR count). The van der Waals surface area contributed by atoms with Gasteiger partial charge in [-0.2, -0.15) is 5.10 Å². The molecule has 0 aromatic carbocycles. The van der Waals surface area contributed by atoms with Gasteiger partial charge < -0.3 is 5.73 Å². The number of rotatable bonds is 3. The topological polar surface area (TPSA) is 79.9 Å². The predicted octanol–water partition coefficient (Wildman–Crippen LogP) is 0.879. The van der Waals surface area contributed by atoms with Gasteiger partial charge in [0.25, 0.3) is 0 Å². The van der Waals surface area contributed by atoms with Gasteiger partial charge in [-0.3, -0.25) is 10.1 Å². The Kier molecular flexibility index (Phi) is 3.00. The molecule has 3 N–H and O–H groups in total. The van der Waals surface area contributed by atoms with Crippen LogP contribution in [0.25, 0.3) is 0 Å². The molecule has 0 aliphatic heterocycles. The van der Waals surface area contributed by atoms with Gasteiger partial charge in [-0.25, -0.2) is 4.98 Å². The fraction of sp³-hybridized carbons (Fsp3) is 0.625. The third kappa shape index (κ3) is 2.54. The number of hydrogen-bond acceptors (Lipinski definition) is 3. The van der Waals surface area contributed by atoms with Crippen LogP contribution in [0, 0.1) is 5.92 Å². The first-order chi connectivity index (χ1) is 6.11. The van der Waals surface area contributed by atoms with Crippen molar-refractivity contribution in [3.05, 3.63) is 12.2 Å². The van der Waals surface area contributed by atoms with Crippen molar-refractivity contribution in [3.63, 3.8) is 0 Å². The van der Waals surface area contributed by atoms with E-state index in [0.29, 0.717) is 5.84 Å². The molecule has 1 aromatic heterocycles. The summed E-state index contributed by atoms with van der Waals surface area (Å²) in [5.41, 5.74) is 5.71. The van der Waals surface area contributed by atoms with E-state index in [1.807, 2.05) is 20.8 Å². The number of H-pyrrole nitrogens is 1. The quantitative estimate of drug-likeness (QED) is 0.536. The number of amidine groups is 1. The van der Waals surface area contributed by atoms with Crippen LogP contribution in [0.5, 0.6) is 0 Å². The maximum Gasteiger partial charge on any atom is 0.148 e. The van der Waals surface area contributed by atoms with Crippen LogP contribution >= 0.6 is 0 Å². The molecule has 5 heteroatoms. The lowest BCUT2D eigenvalue weighted by molar-refractivity contribution is 0.728. The van der Waals surface area contributed by atoms with E-state index in [0.717, 1.165) is 5.82 Å². The van der Waals surface area contributed by atoms with Crippen LogP contribution in [0.1, 0.15) is 32.6 Å². The number of aliphatic imine (C=N–C) groups is 1. The fourth-order valence-corrected chi connectivity index (χ4v) is 0.850. The number of nitrogens with two attached hydrogens (primary N) is 1. The summed E-state index contributed by atoms with van der Waals surface area (Å²) in [4.78, 5) is 8.28. The molecule has 1 unspecified atom stereocenters. The van der Waals surface area contributed by atoms with Gasteiger partial charge in [0.2, 0.25) is 0 Å². The van der Waals surface area contributed by atoms with E-state index in [2.05, 4.69) is 20.2 Å². The molecule has 0 bridgehead atoms. The smallest absolute Gasteiger partial charge is 0.148 e. The van der Waals surface area contributed by atoms with Crippen LogP contribution < -0.4 is 5.73 Å². The highest BCUT2D eigenvalue weighted by atomic mass is 15.2. The predicted molar refractivity (Wildman–Crippen MR) is 51.3 cm³/mol. The van der Waals surface area contributed by atoms with E-state index in [1.54, 1.807) is 0 Å². The minimum Gasteiger partial charge on any atom is -0.387 e. The summed E-state index contributed by atoms with van der Waals surface area (Å²) in [6, 6.07) is -0.0510. The molecule has 0 aliphatic carbocycles. The van der Waals surface area contributed by atoms with Crippen LogP contribution in [0.3, 0.4) is 0 Å². The lowest BCUT2D eigenvalue weighted by atomic mass is 10.2. The largest absolute Gasteiger partial charge is 0.387 e. The normalized spacial score (nSPS) is 14.9. The summed E-state index contributed by atoms with van der Waals surface area (Å²) in [5.74, 6) is 1.65. The molecule has 0 amide bonds. The van der Waals surface area contributed by atoms with Crippen LogP contribution in [-0.2, 0) is 0 Å². The molecule has 0 fully saturated rings. The molecule has 72 valence electrons. The molecule has 0 spiro atoms. The zero-order valence-corrected chi connectivity index (χ0v) is 8.15. The molecule has 1 atom stereocenters. The number of hydrogen-bond donors (Lipinski definition) is 2. The second-order valence-corrected chi connectivity index (χ2v) is 3.26. The van der Waals surface area contributed by atoms with Gasteiger partial charge in [0.1, 0.15) is 18.2 Å². The van der Waals surface area contributed by atoms with Crippen molar-refractivity contribution in [1.29, 1.82) is 0 Å². The number of nitrogens with zero attached hydrogens (tertiary/aromatic N) is 3. The van der Waals surface area contributed by atoms with Crippen LogP contribution in [-0.4, -0.2) is 21.0 Å². The summed E-state index contributed by atoms with van der Waals surface area (Å²) in [6.07, 6.45) is 1.47. The van der Waals surface area contributed by atoms with E-state index >= 15 is 0 Å². The highest BCUT2D eigenvalue weighted by Crippen LogP contribution is 2.10. The van der Waals surface area contributed by atoms with E-state index < -0.39 is 0 Å². The number of aromatic amines is 1. The van der Waals surface area contributed by atoms with Crippen LogP contribution in [0.4, 0.5) is 0 Å². The highest BCUT2D eigenvalue weighted by Gasteiger charge is 2.08. The van der Waals surface area contributed by atoms with Crippen molar-refractivity contribution < 1.29 is 0 Å². The Morgan fingerprint density at radius 2 is 2.23 bits per heavy atom. The Bertz CT molecular complexity index is 275. The maximum absolute atomic E-state index is 5.71. The van der Waals surface area contributed by atoms with Crippen molar-refractivity contribution in [2.45, 2.75) is 26.8 Å². The molecule has 0 saturated carbocycles. The lowest BCUT2D eigenvalue weighted by Crippen LogP contribution is -2.19. The molecular formula is C8H15N5. The standard InChI is InChI=1S/C8H15N5/c1-5(2)7(9)12-6(3)8-10-4-11-13-8/h4-6H,1-3H3,(H2,9,12)(H,10,11,13). The van der Waals surface area contributed by atoms with Gasteiger partial charge in [0.15, 0.2) is 0 Å². The second-order valence-electron chi connectivity index (χ2n) is 3.26. The van der Waals surface area contributed by atoms with Crippen molar-refractivity contribution >= 4 is 5.84 Å². The Morgan fingerprint density at radius 3 is 2.69 bits per heavy atom. The van der Waals surface area contributed by atoms with Crippen molar-refractivity contribution in [3.8, 4) is 0 Å². The van der Waals surface area contributed by atoms with E-state index in [9.17, 15) is 0 Å². The third-order valence-corrected chi connectivity index (χ3v) is 1.76. The second kappa shape index (κ2) is 4.02. The number of aromatic nitrogens is 3. The van der Waals surface area contributed by atoms with E-state index in [1.165, 1.54) is 6.33 Å².